The SMILES string of the molecule is Cc1ccc(F)c(NC(=O)CCCn2cncn2)c1. The molecule has 1 heterocycles. The first kappa shape index (κ1) is 13.2. The highest BCUT2D eigenvalue weighted by Gasteiger charge is 2.07. The predicted molar refractivity (Wildman–Crippen MR) is 69.0 cm³/mol. The maximum atomic E-state index is 13.4. The lowest BCUT2D eigenvalue weighted by Gasteiger charge is -2.07. The van der Waals surface area contributed by atoms with Crippen molar-refractivity contribution in [2.75, 3.05) is 5.32 Å². The van der Waals surface area contributed by atoms with Crippen LogP contribution >= 0.6 is 0 Å². The summed E-state index contributed by atoms with van der Waals surface area (Å²) in [5.74, 6) is -0.625. The molecule has 2 rings (SSSR count). The summed E-state index contributed by atoms with van der Waals surface area (Å²) < 4.78 is 15.1. The van der Waals surface area contributed by atoms with Crippen LogP contribution in [0.15, 0.2) is 30.9 Å². The number of hydrogen-bond donors (Lipinski definition) is 1. The molecule has 0 fully saturated rings. The van der Waals surface area contributed by atoms with Crippen LogP contribution in [-0.2, 0) is 11.3 Å². The van der Waals surface area contributed by atoms with E-state index in [9.17, 15) is 9.18 Å². The highest BCUT2D eigenvalue weighted by Crippen LogP contribution is 2.15. The number of carbonyl (C=O) groups excluding carboxylic acids is 1. The number of benzene rings is 1. The van der Waals surface area contributed by atoms with Crippen LogP contribution in [0.3, 0.4) is 0 Å². The lowest BCUT2D eigenvalue weighted by atomic mass is 10.2. The molecule has 0 radical (unpaired) electrons. The first-order valence-corrected chi connectivity index (χ1v) is 6.03. The molecule has 2 aromatic rings. The van der Waals surface area contributed by atoms with Gasteiger partial charge in [0.2, 0.25) is 5.91 Å². The molecule has 1 N–H and O–H groups in total. The fraction of sp³-hybridized carbons (Fsp3) is 0.308. The van der Waals surface area contributed by atoms with Gasteiger partial charge in [0.25, 0.3) is 0 Å². The molecule has 5 nitrogen and oxygen atoms in total. The fourth-order valence-electron chi connectivity index (χ4n) is 1.70. The highest BCUT2D eigenvalue weighted by molar-refractivity contribution is 5.90. The van der Waals surface area contributed by atoms with Crippen LogP contribution < -0.4 is 5.32 Å². The van der Waals surface area contributed by atoms with Crippen molar-refractivity contribution in [3.63, 3.8) is 0 Å². The van der Waals surface area contributed by atoms with E-state index in [4.69, 9.17) is 0 Å². The molecular weight excluding hydrogens is 247 g/mol. The summed E-state index contributed by atoms with van der Waals surface area (Å²) in [6, 6.07) is 4.63. The van der Waals surface area contributed by atoms with Crippen molar-refractivity contribution < 1.29 is 9.18 Å². The summed E-state index contributed by atoms with van der Waals surface area (Å²) in [5, 5.41) is 6.51. The van der Waals surface area contributed by atoms with Gasteiger partial charge in [-0.2, -0.15) is 5.10 Å². The molecule has 6 heteroatoms. The van der Waals surface area contributed by atoms with Crippen molar-refractivity contribution in [3.05, 3.63) is 42.2 Å². The molecule has 0 spiro atoms. The van der Waals surface area contributed by atoms with Crippen LogP contribution in [0.25, 0.3) is 0 Å². The van der Waals surface area contributed by atoms with Crippen LogP contribution in [0.2, 0.25) is 0 Å². The first-order valence-electron chi connectivity index (χ1n) is 6.03. The van der Waals surface area contributed by atoms with Gasteiger partial charge >= 0.3 is 0 Å². The van der Waals surface area contributed by atoms with Crippen LogP contribution in [0.4, 0.5) is 10.1 Å². The third-order valence-corrected chi connectivity index (χ3v) is 2.65. The third kappa shape index (κ3) is 3.87. The molecule has 1 amide bonds. The predicted octanol–water partition coefficient (Wildman–Crippen LogP) is 2.14. The van der Waals surface area contributed by atoms with E-state index in [0.29, 0.717) is 19.4 Å². The molecule has 0 atom stereocenters. The van der Waals surface area contributed by atoms with E-state index in [-0.39, 0.29) is 11.6 Å². The molecular formula is C13H15FN4O. The zero-order valence-electron chi connectivity index (χ0n) is 10.6. The number of nitrogens with zero attached hydrogens (tertiary/aromatic N) is 3. The summed E-state index contributed by atoms with van der Waals surface area (Å²) in [5.41, 5.74) is 1.13. The molecule has 0 aliphatic rings. The van der Waals surface area contributed by atoms with Crippen molar-refractivity contribution >= 4 is 11.6 Å². The number of hydrogen-bond acceptors (Lipinski definition) is 3. The minimum atomic E-state index is -0.421. The van der Waals surface area contributed by atoms with Gasteiger partial charge in [0.1, 0.15) is 18.5 Å². The van der Waals surface area contributed by atoms with E-state index in [1.165, 1.54) is 12.4 Å². The maximum absolute atomic E-state index is 13.4. The summed E-state index contributed by atoms with van der Waals surface area (Å²) >= 11 is 0. The lowest BCUT2D eigenvalue weighted by molar-refractivity contribution is -0.116. The van der Waals surface area contributed by atoms with Gasteiger partial charge in [-0.1, -0.05) is 6.07 Å². The zero-order chi connectivity index (χ0) is 13.7. The number of aryl methyl sites for hydroxylation is 2. The molecule has 1 aromatic heterocycles. The number of rotatable bonds is 5. The average Bonchev–Trinajstić information content (AvgIpc) is 2.87. The van der Waals surface area contributed by atoms with Crippen molar-refractivity contribution in [1.29, 1.82) is 0 Å². The van der Waals surface area contributed by atoms with E-state index >= 15 is 0 Å². The summed E-state index contributed by atoms with van der Waals surface area (Å²) in [7, 11) is 0. The fourth-order valence-corrected chi connectivity index (χ4v) is 1.70. The van der Waals surface area contributed by atoms with Gasteiger partial charge < -0.3 is 5.32 Å². The summed E-state index contributed by atoms with van der Waals surface area (Å²) in [6.07, 6.45) is 3.98. The Morgan fingerprint density at radius 2 is 2.32 bits per heavy atom. The minimum absolute atomic E-state index is 0.204. The van der Waals surface area contributed by atoms with Crippen molar-refractivity contribution in [3.8, 4) is 0 Å². The van der Waals surface area contributed by atoms with E-state index in [1.54, 1.807) is 23.1 Å². The quantitative estimate of drug-likeness (QED) is 0.898. The van der Waals surface area contributed by atoms with Crippen molar-refractivity contribution in [2.45, 2.75) is 26.3 Å². The van der Waals surface area contributed by atoms with Gasteiger partial charge in [0.05, 0.1) is 5.69 Å². The maximum Gasteiger partial charge on any atom is 0.224 e. The smallest absolute Gasteiger partial charge is 0.224 e. The number of halogens is 1. The Balaban J connectivity index is 1.82. The Bertz CT molecular complexity index is 554. The largest absolute Gasteiger partial charge is 0.324 e. The van der Waals surface area contributed by atoms with E-state index in [0.717, 1.165) is 5.56 Å². The Kier molecular flexibility index (Phi) is 4.22. The Morgan fingerprint density at radius 3 is 3.05 bits per heavy atom. The Labute approximate surface area is 110 Å². The minimum Gasteiger partial charge on any atom is -0.324 e. The monoisotopic (exact) mass is 262 g/mol. The van der Waals surface area contributed by atoms with Gasteiger partial charge in [0.15, 0.2) is 0 Å². The summed E-state index contributed by atoms with van der Waals surface area (Å²) in [6.45, 7) is 2.46. The molecule has 0 unspecified atom stereocenters. The Morgan fingerprint density at radius 1 is 1.47 bits per heavy atom. The normalized spacial score (nSPS) is 10.4. The van der Waals surface area contributed by atoms with Gasteiger partial charge in [-0.05, 0) is 31.0 Å². The molecule has 19 heavy (non-hydrogen) atoms. The van der Waals surface area contributed by atoms with Gasteiger partial charge in [-0.15, -0.1) is 0 Å². The number of nitrogens with one attached hydrogen (secondary N) is 1. The average molecular weight is 262 g/mol. The molecule has 0 saturated carbocycles. The van der Waals surface area contributed by atoms with E-state index in [2.05, 4.69) is 15.4 Å². The van der Waals surface area contributed by atoms with Crippen LogP contribution in [0, 0.1) is 12.7 Å². The van der Waals surface area contributed by atoms with E-state index < -0.39 is 5.82 Å². The Hall–Kier alpha value is -2.24. The number of anilines is 1. The standard InChI is InChI=1S/C13H15FN4O/c1-10-4-5-11(14)12(7-10)17-13(19)3-2-6-18-9-15-8-16-18/h4-5,7-9H,2-3,6H2,1H3,(H,17,19). The van der Waals surface area contributed by atoms with Gasteiger partial charge in [-0.25, -0.2) is 9.37 Å². The molecule has 0 aliphatic carbocycles. The number of carbonyl (C=O) groups is 1. The summed E-state index contributed by atoms with van der Waals surface area (Å²) in [4.78, 5) is 15.5. The second-order valence-corrected chi connectivity index (χ2v) is 4.29. The van der Waals surface area contributed by atoms with Crippen LogP contribution in [-0.4, -0.2) is 20.7 Å². The second-order valence-electron chi connectivity index (χ2n) is 4.29. The number of amides is 1. The lowest BCUT2D eigenvalue weighted by Crippen LogP contribution is -2.13. The third-order valence-electron chi connectivity index (χ3n) is 2.65. The highest BCUT2D eigenvalue weighted by atomic mass is 19.1. The van der Waals surface area contributed by atoms with Gasteiger partial charge in [0, 0.05) is 13.0 Å². The van der Waals surface area contributed by atoms with Crippen molar-refractivity contribution in [1.82, 2.24) is 14.8 Å². The molecule has 0 saturated heterocycles. The molecule has 1 aromatic carbocycles. The van der Waals surface area contributed by atoms with Gasteiger partial charge in [-0.3, -0.25) is 9.48 Å². The molecule has 0 bridgehead atoms. The van der Waals surface area contributed by atoms with E-state index in [1.807, 2.05) is 6.92 Å². The molecule has 0 aliphatic heterocycles. The number of aromatic nitrogens is 3. The zero-order valence-corrected chi connectivity index (χ0v) is 10.6. The topological polar surface area (TPSA) is 59.8 Å². The first-order chi connectivity index (χ1) is 9.15. The molecule has 100 valence electrons. The van der Waals surface area contributed by atoms with Crippen LogP contribution in [0.1, 0.15) is 18.4 Å². The second kappa shape index (κ2) is 6.08. The van der Waals surface area contributed by atoms with Crippen LogP contribution in [0.5, 0.6) is 0 Å². The van der Waals surface area contributed by atoms with Crippen molar-refractivity contribution in [2.24, 2.45) is 0 Å².